The van der Waals surface area contributed by atoms with Gasteiger partial charge in [0, 0.05) is 11.1 Å². The quantitative estimate of drug-likeness (QED) is 0.127. The lowest BCUT2D eigenvalue weighted by molar-refractivity contribution is 0.106. The van der Waals surface area contributed by atoms with Crippen molar-refractivity contribution in [3.05, 3.63) is 185 Å². The molecule has 1 heterocycles. The van der Waals surface area contributed by atoms with E-state index in [0.29, 0.717) is 43.3 Å². The average molecular weight is 654 g/mol. The molecule has 0 radical (unpaired) electrons. The van der Waals surface area contributed by atoms with E-state index < -0.39 is 6.89 Å². The number of hydrogen-bond acceptors (Lipinski definition) is 3. The zero-order chi connectivity index (χ0) is 31.5. The maximum Gasteiger partial charge on any atom is 0.196 e. The van der Waals surface area contributed by atoms with Gasteiger partial charge in [-0.25, -0.2) is 9.97 Å². The minimum absolute atomic E-state index is 0.114. The highest BCUT2D eigenvalue weighted by Gasteiger charge is 2.37. The van der Waals surface area contributed by atoms with Crippen molar-refractivity contribution < 1.29 is 4.79 Å². The maximum atomic E-state index is 15.4. The zero-order valence-electron chi connectivity index (χ0n) is 24.6. The number of halogens is 2. The summed E-state index contributed by atoms with van der Waals surface area (Å²) in [6, 6.07) is 53.7. The fraction of sp³-hybridized carbons (Fsp3) is 0. The van der Waals surface area contributed by atoms with Crippen LogP contribution in [0.4, 0.5) is 0 Å². The predicted octanol–water partition coefficient (Wildman–Crippen LogP) is 9.00. The molecule has 222 valence electrons. The zero-order valence-corrected chi connectivity index (χ0v) is 27.0. The van der Waals surface area contributed by atoms with Crippen molar-refractivity contribution >= 4 is 68.1 Å². The fourth-order valence-electron chi connectivity index (χ4n) is 5.95. The van der Waals surface area contributed by atoms with Gasteiger partial charge in [-0.2, -0.15) is 0 Å². The van der Waals surface area contributed by atoms with Crippen LogP contribution in [0.1, 0.15) is 16.1 Å². The number of Topliss-reactive ketones (excluding diaryl/α,β-unsaturated/α-hetero) is 1. The van der Waals surface area contributed by atoms with E-state index in [0.717, 1.165) is 21.5 Å². The second kappa shape index (κ2) is 12.9. The summed E-state index contributed by atoms with van der Waals surface area (Å²) in [5, 5.41) is 4.43. The number of fused-ring (bicyclic) bond motifs is 1. The molecule has 0 unspecified atom stereocenters. The maximum absolute atomic E-state index is 15.4. The lowest BCUT2D eigenvalue weighted by Gasteiger charge is -2.33. The average Bonchev–Trinajstić information content (AvgIpc) is 3.12. The van der Waals surface area contributed by atoms with Crippen LogP contribution in [0.25, 0.3) is 22.3 Å². The first kappa shape index (κ1) is 29.9. The van der Waals surface area contributed by atoms with E-state index in [2.05, 4.69) is 36.4 Å². The van der Waals surface area contributed by atoms with Crippen molar-refractivity contribution in [2.24, 2.45) is 0 Å². The third-order valence-corrected chi connectivity index (χ3v) is 13.0. The third kappa shape index (κ3) is 5.37. The Kier molecular flexibility index (Phi) is 8.39. The molecule has 0 amide bonds. The largest absolute Gasteiger partial charge is 0.288 e. The van der Waals surface area contributed by atoms with Crippen LogP contribution in [-0.2, 0) is 0 Å². The molecule has 3 nitrogen and oxygen atoms in total. The molecule has 0 saturated carbocycles. The lowest BCUT2D eigenvalue weighted by Crippen LogP contribution is -2.35. The summed E-state index contributed by atoms with van der Waals surface area (Å²) in [7, 11) is 0. The predicted molar refractivity (Wildman–Crippen MR) is 195 cm³/mol. The van der Waals surface area contributed by atoms with Gasteiger partial charge in [0.05, 0.1) is 32.1 Å². The van der Waals surface area contributed by atoms with Gasteiger partial charge in [-0.3, -0.25) is 4.79 Å². The molecule has 0 aliphatic heterocycles. The second-order valence-electron chi connectivity index (χ2n) is 10.8. The lowest BCUT2D eigenvalue weighted by atomic mass is 10.0. The molecule has 0 atom stereocenters. The van der Waals surface area contributed by atoms with Gasteiger partial charge in [0.25, 0.3) is 0 Å². The summed E-state index contributed by atoms with van der Waals surface area (Å²) in [5.74, 6) is -0.114. The van der Waals surface area contributed by atoms with Crippen molar-refractivity contribution in [1.29, 1.82) is 0 Å². The highest BCUT2D eigenvalue weighted by Crippen LogP contribution is 2.49. The van der Waals surface area contributed by atoms with Gasteiger partial charge >= 0.3 is 0 Å². The minimum atomic E-state index is -2.95. The van der Waals surface area contributed by atoms with Crippen LogP contribution in [0.15, 0.2) is 164 Å². The first-order valence-electron chi connectivity index (χ1n) is 14.8. The van der Waals surface area contributed by atoms with Crippen LogP contribution in [0.5, 0.6) is 0 Å². The molecule has 7 rings (SSSR count). The molecule has 0 fully saturated rings. The van der Waals surface area contributed by atoms with Crippen molar-refractivity contribution in [2.75, 3.05) is 0 Å². The number of ketones is 1. The Labute approximate surface area is 278 Å². The first-order chi connectivity index (χ1) is 22.6. The van der Waals surface area contributed by atoms with Crippen LogP contribution >= 0.6 is 30.1 Å². The Balaban J connectivity index is 1.79. The molecule has 7 aromatic rings. The van der Waals surface area contributed by atoms with E-state index in [1.807, 2.05) is 115 Å². The molecule has 1 aromatic heterocycles. The van der Waals surface area contributed by atoms with Gasteiger partial charge in [0.15, 0.2) is 5.78 Å². The molecule has 0 spiro atoms. The molecule has 46 heavy (non-hydrogen) atoms. The van der Waals surface area contributed by atoms with Gasteiger partial charge < -0.3 is 0 Å². The number of carbonyl (C=O) groups is 1. The third-order valence-electron chi connectivity index (χ3n) is 7.99. The Morgan fingerprint density at radius 2 is 0.891 bits per heavy atom. The van der Waals surface area contributed by atoms with Gasteiger partial charge in [0.2, 0.25) is 0 Å². The number of aromatic nitrogens is 2. The Morgan fingerprint density at radius 1 is 0.500 bits per heavy atom. The standard InChI is InChI=1S/C40H27Cl2N2OP/c41-33-26-35-36(27-34(33)42)44-38(37(43-35)28-16-6-1-7-17-28)40(39(45)29-18-8-2-9-19-29)46(30-20-10-3-11-21-30,31-22-12-4-13-23-31)32-24-14-5-15-25-32/h1-27H. The molecular weight excluding hydrogens is 626 g/mol. The Hall–Kier alpha value is -4.79. The van der Waals surface area contributed by atoms with Crippen LogP contribution < -0.4 is 15.9 Å². The topological polar surface area (TPSA) is 42.9 Å². The minimum Gasteiger partial charge on any atom is -0.288 e. The second-order valence-corrected chi connectivity index (χ2v) is 14.9. The highest BCUT2D eigenvalue weighted by atomic mass is 35.5. The van der Waals surface area contributed by atoms with E-state index in [1.54, 1.807) is 12.1 Å². The number of benzene rings is 6. The van der Waals surface area contributed by atoms with Crippen LogP contribution in [0.2, 0.25) is 10.0 Å². The number of rotatable bonds is 7. The molecule has 6 heteroatoms. The fourth-order valence-corrected chi connectivity index (χ4v) is 10.7. The monoisotopic (exact) mass is 652 g/mol. The van der Waals surface area contributed by atoms with E-state index in [1.165, 1.54) is 0 Å². The summed E-state index contributed by atoms with van der Waals surface area (Å²) in [4.78, 5) is 25.9. The van der Waals surface area contributed by atoms with Crippen molar-refractivity contribution in [2.45, 2.75) is 0 Å². The van der Waals surface area contributed by atoms with E-state index in [9.17, 15) is 0 Å². The van der Waals surface area contributed by atoms with Crippen LogP contribution in [0, 0.1) is 0 Å². The molecule has 0 aliphatic carbocycles. The van der Waals surface area contributed by atoms with Crippen molar-refractivity contribution in [3.63, 3.8) is 0 Å². The first-order valence-corrected chi connectivity index (χ1v) is 17.4. The van der Waals surface area contributed by atoms with Crippen molar-refractivity contribution in [1.82, 2.24) is 9.97 Å². The summed E-state index contributed by atoms with van der Waals surface area (Å²) < 4.78 is 0. The van der Waals surface area contributed by atoms with E-state index in [4.69, 9.17) is 33.2 Å². The normalized spacial score (nSPS) is 11.3. The number of hydrogen-bond donors (Lipinski definition) is 0. The molecule has 0 N–H and O–H groups in total. The van der Waals surface area contributed by atoms with Gasteiger partial charge in [-0.1, -0.05) is 175 Å². The molecule has 6 aromatic carbocycles. The summed E-state index contributed by atoms with van der Waals surface area (Å²) >= 11 is 13.0. The van der Waals surface area contributed by atoms with Gasteiger partial charge in [-0.15, -0.1) is 0 Å². The number of carbonyl (C=O) groups excluding carboxylic acids is 1. The van der Waals surface area contributed by atoms with E-state index in [-0.39, 0.29) is 5.78 Å². The molecule has 0 saturated heterocycles. The van der Waals surface area contributed by atoms with E-state index >= 15 is 4.79 Å². The SMILES string of the molecule is O=C(C(c1nc2cc(Cl)c(Cl)cc2nc1-c1ccccc1)=P(c1ccccc1)(c1ccccc1)c1ccccc1)c1ccccc1. The molecular formula is C40H27Cl2N2OP. The summed E-state index contributed by atoms with van der Waals surface area (Å²) in [6.07, 6.45) is 0. The molecule has 0 bridgehead atoms. The summed E-state index contributed by atoms with van der Waals surface area (Å²) in [5.41, 5.74) is 3.65. The van der Waals surface area contributed by atoms with Crippen molar-refractivity contribution in [3.8, 4) is 11.3 Å². The summed E-state index contributed by atoms with van der Waals surface area (Å²) in [6.45, 7) is -2.95. The van der Waals surface area contributed by atoms with Gasteiger partial charge in [-0.05, 0) is 34.9 Å². The number of nitrogens with zero attached hydrogens (tertiary/aromatic N) is 2. The van der Waals surface area contributed by atoms with Gasteiger partial charge in [0.1, 0.15) is 5.69 Å². The van der Waals surface area contributed by atoms with Crippen LogP contribution in [0.3, 0.4) is 0 Å². The Bertz CT molecular complexity index is 2120. The Morgan fingerprint density at radius 3 is 1.35 bits per heavy atom. The smallest absolute Gasteiger partial charge is 0.196 e. The highest BCUT2D eigenvalue weighted by molar-refractivity contribution is 7.97. The molecule has 0 aliphatic rings. The van der Waals surface area contributed by atoms with Crippen LogP contribution in [-0.4, -0.2) is 21.0 Å².